The van der Waals surface area contributed by atoms with Gasteiger partial charge in [-0.25, -0.2) is 4.79 Å². The lowest BCUT2D eigenvalue weighted by Gasteiger charge is -2.09. The molecule has 96 valence electrons. The van der Waals surface area contributed by atoms with E-state index in [9.17, 15) is 4.79 Å². The lowest BCUT2D eigenvalue weighted by molar-refractivity contribution is -0.131. The predicted molar refractivity (Wildman–Crippen MR) is 75.1 cm³/mol. The van der Waals surface area contributed by atoms with Crippen LogP contribution in [0.2, 0.25) is 0 Å². The molecule has 0 aliphatic carbocycles. The Bertz CT molecular complexity index is 601. The molecule has 0 heterocycles. The van der Waals surface area contributed by atoms with Gasteiger partial charge in [-0.15, -0.1) is 0 Å². The molecular formula is C16H14O3. The molecular weight excluding hydrogens is 240 g/mol. The molecule has 0 saturated carbocycles. The second-order valence-corrected chi connectivity index (χ2v) is 3.99. The first-order valence-electron chi connectivity index (χ1n) is 5.85. The maximum atomic E-state index is 10.6. The zero-order valence-electron chi connectivity index (χ0n) is 10.5. The number of ether oxygens (including phenoxy) is 1. The first kappa shape index (κ1) is 12.9. The highest BCUT2D eigenvalue weighted by atomic mass is 16.5. The molecule has 0 saturated heterocycles. The molecule has 3 heteroatoms. The quantitative estimate of drug-likeness (QED) is 0.850. The minimum absolute atomic E-state index is 0.742. The van der Waals surface area contributed by atoms with Crippen LogP contribution >= 0.6 is 0 Å². The average molecular weight is 254 g/mol. The van der Waals surface area contributed by atoms with Crippen LogP contribution in [0.5, 0.6) is 5.75 Å². The molecule has 1 N–H and O–H groups in total. The number of rotatable bonds is 4. The van der Waals surface area contributed by atoms with Crippen molar-refractivity contribution in [1.82, 2.24) is 0 Å². The number of benzene rings is 2. The minimum Gasteiger partial charge on any atom is -0.497 e. The molecule has 0 radical (unpaired) electrons. The van der Waals surface area contributed by atoms with Crippen molar-refractivity contribution in [3.8, 4) is 16.9 Å². The summed E-state index contributed by atoms with van der Waals surface area (Å²) in [5.41, 5.74) is 2.80. The van der Waals surface area contributed by atoms with Crippen molar-refractivity contribution in [1.29, 1.82) is 0 Å². The van der Waals surface area contributed by atoms with Crippen molar-refractivity contribution in [3.05, 3.63) is 60.2 Å². The lowest BCUT2D eigenvalue weighted by atomic mass is 9.99. The average Bonchev–Trinajstić information content (AvgIpc) is 2.46. The summed E-state index contributed by atoms with van der Waals surface area (Å²) in [6, 6.07) is 15.3. The van der Waals surface area contributed by atoms with E-state index in [4.69, 9.17) is 9.84 Å². The van der Waals surface area contributed by atoms with E-state index < -0.39 is 5.97 Å². The Labute approximate surface area is 111 Å². The van der Waals surface area contributed by atoms with E-state index in [0.717, 1.165) is 28.5 Å². The lowest BCUT2D eigenvalue weighted by Crippen LogP contribution is -1.90. The van der Waals surface area contributed by atoms with Gasteiger partial charge in [0.05, 0.1) is 7.11 Å². The number of aliphatic carboxylic acids is 1. The predicted octanol–water partition coefficient (Wildman–Crippen LogP) is 3.46. The van der Waals surface area contributed by atoms with Crippen LogP contribution < -0.4 is 4.74 Å². The van der Waals surface area contributed by atoms with Gasteiger partial charge in [-0.2, -0.15) is 0 Å². The van der Waals surface area contributed by atoms with Gasteiger partial charge in [-0.1, -0.05) is 36.4 Å². The van der Waals surface area contributed by atoms with E-state index in [1.165, 1.54) is 0 Å². The first-order chi connectivity index (χ1) is 9.20. The molecule has 19 heavy (non-hydrogen) atoms. The van der Waals surface area contributed by atoms with Gasteiger partial charge in [0.2, 0.25) is 0 Å². The molecule has 0 aliphatic heterocycles. The summed E-state index contributed by atoms with van der Waals surface area (Å²) in [5.74, 6) is -0.221. The van der Waals surface area contributed by atoms with Gasteiger partial charge in [-0.05, 0) is 34.9 Å². The van der Waals surface area contributed by atoms with Crippen molar-refractivity contribution in [2.24, 2.45) is 0 Å². The van der Waals surface area contributed by atoms with Gasteiger partial charge in [0.1, 0.15) is 5.75 Å². The summed E-state index contributed by atoms with van der Waals surface area (Å²) in [6.45, 7) is 0. The van der Waals surface area contributed by atoms with Crippen LogP contribution in [-0.2, 0) is 4.79 Å². The third-order valence-electron chi connectivity index (χ3n) is 2.75. The summed E-state index contributed by atoms with van der Waals surface area (Å²) in [7, 11) is 1.61. The summed E-state index contributed by atoms with van der Waals surface area (Å²) < 4.78 is 5.22. The van der Waals surface area contributed by atoms with Crippen LogP contribution in [0.4, 0.5) is 0 Å². The molecule has 0 aliphatic rings. The molecule has 2 aromatic carbocycles. The van der Waals surface area contributed by atoms with E-state index >= 15 is 0 Å². The normalized spacial score (nSPS) is 10.6. The van der Waals surface area contributed by atoms with Crippen LogP contribution in [0.1, 0.15) is 5.56 Å². The smallest absolute Gasteiger partial charge is 0.328 e. The first-order valence-corrected chi connectivity index (χ1v) is 5.85. The van der Waals surface area contributed by atoms with Crippen molar-refractivity contribution >= 4 is 12.0 Å². The van der Waals surface area contributed by atoms with E-state index in [0.29, 0.717) is 0 Å². The van der Waals surface area contributed by atoms with E-state index in [-0.39, 0.29) is 0 Å². The Kier molecular flexibility index (Phi) is 3.98. The standard InChI is InChI=1S/C16H14O3/c1-19-14-9-7-13(8-10-16(17)18)15(11-14)12-5-3-2-4-6-12/h2-11H,1H3,(H,17,18). The van der Waals surface area contributed by atoms with Gasteiger partial charge >= 0.3 is 5.97 Å². The highest BCUT2D eigenvalue weighted by Gasteiger charge is 2.05. The third kappa shape index (κ3) is 3.22. The van der Waals surface area contributed by atoms with Gasteiger partial charge in [0, 0.05) is 6.08 Å². The molecule has 0 aromatic heterocycles. The number of hydrogen-bond donors (Lipinski definition) is 1. The summed E-state index contributed by atoms with van der Waals surface area (Å²) in [4.78, 5) is 10.6. The van der Waals surface area contributed by atoms with Crippen LogP contribution in [0, 0.1) is 0 Å². The van der Waals surface area contributed by atoms with Crippen LogP contribution in [0.15, 0.2) is 54.6 Å². The maximum Gasteiger partial charge on any atom is 0.328 e. The van der Waals surface area contributed by atoms with E-state index in [2.05, 4.69) is 0 Å². The fourth-order valence-corrected chi connectivity index (χ4v) is 1.84. The molecule has 0 amide bonds. The molecule has 2 rings (SSSR count). The summed E-state index contributed by atoms with van der Waals surface area (Å²) in [6.07, 6.45) is 2.72. The van der Waals surface area contributed by atoms with Gasteiger partial charge in [0.25, 0.3) is 0 Å². The monoisotopic (exact) mass is 254 g/mol. The van der Waals surface area contributed by atoms with E-state index in [1.54, 1.807) is 13.2 Å². The molecule has 0 atom stereocenters. The number of carbonyl (C=O) groups is 1. The highest BCUT2D eigenvalue weighted by Crippen LogP contribution is 2.28. The van der Waals surface area contributed by atoms with Crippen molar-refractivity contribution in [2.75, 3.05) is 7.11 Å². The van der Waals surface area contributed by atoms with Gasteiger partial charge in [-0.3, -0.25) is 0 Å². The van der Waals surface area contributed by atoms with Crippen molar-refractivity contribution < 1.29 is 14.6 Å². The summed E-state index contributed by atoms with van der Waals surface area (Å²) >= 11 is 0. The minimum atomic E-state index is -0.963. The van der Waals surface area contributed by atoms with Crippen molar-refractivity contribution in [3.63, 3.8) is 0 Å². The number of methoxy groups -OCH3 is 1. The van der Waals surface area contributed by atoms with Crippen LogP contribution in [0.3, 0.4) is 0 Å². The number of hydrogen-bond acceptors (Lipinski definition) is 2. The largest absolute Gasteiger partial charge is 0.497 e. The Balaban J connectivity index is 2.52. The topological polar surface area (TPSA) is 46.5 Å². The molecule has 0 bridgehead atoms. The second kappa shape index (κ2) is 5.87. The Morgan fingerprint density at radius 2 is 1.89 bits per heavy atom. The highest BCUT2D eigenvalue weighted by molar-refractivity contribution is 5.88. The third-order valence-corrected chi connectivity index (χ3v) is 2.75. The second-order valence-electron chi connectivity index (χ2n) is 3.99. The van der Waals surface area contributed by atoms with Gasteiger partial charge in [0.15, 0.2) is 0 Å². The SMILES string of the molecule is COc1ccc(C=CC(=O)O)c(-c2ccccc2)c1. The Morgan fingerprint density at radius 1 is 1.16 bits per heavy atom. The number of carboxylic acid groups (broad SMARTS) is 1. The van der Waals surface area contributed by atoms with Crippen LogP contribution in [-0.4, -0.2) is 18.2 Å². The fraction of sp³-hybridized carbons (Fsp3) is 0.0625. The molecule has 0 unspecified atom stereocenters. The number of carboxylic acids is 1. The van der Waals surface area contributed by atoms with Gasteiger partial charge < -0.3 is 9.84 Å². The van der Waals surface area contributed by atoms with E-state index in [1.807, 2.05) is 48.5 Å². The van der Waals surface area contributed by atoms with Crippen LogP contribution in [0.25, 0.3) is 17.2 Å². The Morgan fingerprint density at radius 3 is 2.53 bits per heavy atom. The van der Waals surface area contributed by atoms with Crippen molar-refractivity contribution in [2.45, 2.75) is 0 Å². The zero-order chi connectivity index (χ0) is 13.7. The molecule has 0 fully saturated rings. The summed E-state index contributed by atoms with van der Waals surface area (Å²) in [5, 5.41) is 8.73. The zero-order valence-corrected chi connectivity index (χ0v) is 10.5. The molecule has 0 spiro atoms. The molecule has 2 aromatic rings. The maximum absolute atomic E-state index is 10.6. The fourth-order valence-electron chi connectivity index (χ4n) is 1.84. The molecule has 3 nitrogen and oxygen atoms in total. The Hall–Kier alpha value is -2.55.